The number of aryl methyl sites for hydroxylation is 2. The van der Waals surface area contributed by atoms with Crippen LogP contribution in [0.25, 0.3) is 0 Å². The van der Waals surface area contributed by atoms with Crippen molar-refractivity contribution in [3.8, 4) is 0 Å². The first-order chi connectivity index (χ1) is 15.0. The summed E-state index contributed by atoms with van der Waals surface area (Å²) in [7, 11) is 4.05. The van der Waals surface area contributed by atoms with Crippen LogP contribution in [0.4, 0.5) is 5.82 Å². The van der Waals surface area contributed by atoms with Crippen molar-refractivity contribution in [1.29, 1.82) is 0 Å². The molecule has 1 atom stereocenters. The van der Waals surface area contributed by atoms with Gasteiger partial charge in [-0.1, -0.05) is 18.2 Å². The second-order valence-corrected chi connectivity index (χ2v) is 8.68. The van der Waals surface area contributed by atoms with Crippen molar-refractivity contribution in [3.05, 3.63) is 65.4 Å². The van der Waals surface area contributed by atoms with Gasteiger partial charge in [0.15, 0.2) is 5.66 Å². The first kappa shape index (κ1) is 19.8. The summed E-state index contributed by atoms with van der Waals surface area (Å²) >= 11 is 0. The lowest BCUT2D eigenvalue weighted by atomic mass is 9.95. The van der Waals surface area contributed by atoms with E-state index in [0.29, 0.717) is 0 Å². The standard InChI is InChI=1S/C23H30N8/c1-29(2)20-15-23(24,19-7-6-17-4-3-5-18(17)14-19)28-22(27-20)31-12-10-30(11-13-31)21-16-25-8-9-26-21/h6-9,14-16H,3-5,10-13,24H2,1-2H3,(H,27,28). The third-order valence-electron chi connectivity index (χ3n) is 6.38. The van der Waals surface area contributed by atoms with Gasteiger partial charge in [-0.05, 0) is 36.0 Å². The summed E-state index contributed by atoms with van der Waals surface area (Å²) in [6, 6.07) is 6.63. The number of hydrogen-bond donors (Lipinski definition) is 2. The highest BCUT2D eigenvalue weighted by Gasteiger charge is 2.33. The summed E-state index contributed by atoms with van der Waals surface area (Å²) in [5.74, 6) is 2.71. The summed E-state index contributed by atoms with van der Waals surface area (Å²) in [6.07, 6.45) is 10.8. The van der Waals surface area contributed by atoms with Gasteiger partial charge in [-0.2, -0.15) is 0 Å². The van der Waals surface area contributed by atoms with Gasteiger partial charge in [0, 0.05) is 58.7 Å². The second-order valence-electron chi connectivity index (χ2n) is 8.68. The van der Waals surface area contributed by atoms with Crippen LogP contribution in [0.3, 0.4) is 0 Å². The van der Waals surface area contributed by atoms with Crippen molar-refractivity contribution in [1.82, 2.24) is 25.1 Å². The van der Waals surface area contributed by atoms with E-state index in [9.17, 15) is 0 Å². The average molecular weight is 419 g/mol. The van der Waals surface area contributed by atoms with Crippen LogP contribution in [0.5, 0.6) is 0 Å². The number of nitrogens with one attached hydrogen (secondary N) is 1. The van der Waals surface area contributed by atoms with Crippen LogP contribution >= 0.6 is 0 Å². The fraction of sp³-hybridized carbons (Fsp3) is 0.435. The smallest absolute Gasteiger partial charge is 0.202 e. The van der Waals surface area contributed by atoms with E-state index in [-0.39, 0.29) is 0 Å². The Bertz CT molecular complexity index is 1010. The molecule has 2 aliphatic heterocycles. The van der Waals surface area contributed by atoms with Crippen molar-refractivity contribution in [2.75, 3.05) is 45.2 Å². The Balaban J connectivity index is 1.40. The number of benzene rings is 1. The van der Waals surface area contributed by atoms with Crippen molar-refractivity contribution in [3.63, 3.8) is 0 Å². The third-order valence-corrected chi connectivity index (χ3v) is 6.38. The number of hydrogen-bond acceptors (Lipinski definition) is 8. The Labute approximate surface area is 183 Å². The zero-order valence-corrected chi connectivity index (χ0v) is 18.3. The molecule has 162 valence electrons. The Kier molecular flexibility index (Phi) is 5.02. The fourth-order valence-electron chi connectivity index (χ4n) is 4.56. The largest absolute Gasteiger partial charge is 0.364 e. The van der Waals surface area contributed by atoms with Gasteiger partial charge in [0.2, 0.25) is 5.96 Å². The van der Waals surface area contributed by atoms with Gasteiger partial charge in [0.25, 0.3) is 0 Å². The number of nitrogens with zero attached hydrogens (tertiary/aromatic N) is 6. The van der Waals surface area contributed by atoms with E-state index >= 15 is 0 Å². The molecule has 1 aliphatic carbocycles. The Morgan fingerprint density at radius 1 is 1.03 bits per heavy atom. The predicted molar refractivity (Wildman–Crippen MR) is 122 cm³/mol. The molecule has 3 heterocycles. The number of nitrogens with two attached hydrogens (primary N) is 1. The molecule has 2 aromatic rings. The van der Waals surface area contributed by atoms with Gasteiger partial charge in [0.1, 0.15) is 11.6 Å². The highest BCUT2D eigenvalue weighted by Crippen LogP contribution is 2.31. The molecule has 3 N–H and O–H groups in total. The van der Waals surface area contributed by atoms with E-state index in [1.54, 1.807) is 12.4 Å². The molecule has 0 amide bonds. The van der Waals surface area contributed by atoms with Crippen molar-refractivity contribution in [2.24, 2.45) is 10.7 Å². The van der Waals surface area contributed by atoms with Gasteiger partial charge in [-0.3, -0.25) is 10.7 Å². The molecule has 8 heteroatoms. The maximum absolute atomic E-state index is 6.93. The number of piperazine rings is 1. The summed E-state index contributed by atoms with van der Waals surface area (Å²) in [4.78, 5) is 20.2. The molecule has 0 spiro atoms. The van der Waals surface area contributed by atoms with E-state index in [2.05, 4.69) is 48.2 Å². The van der Waals surface area contributed by atoms with E-state index in [0.717, 1.165) is 62.2 Å². The van der Waals surface area contributed by atoms with Crippen LogP contribution in [0.15, 0.2) is 53.7 Å². The Morgan fingerprint density at radius 2 is 1.81 bits per heavy atom. The third kappa shape index (κ3) is 3.83. The lowest BCUT2D eigenvalue weighted by Crippen LogP contribution is -2.56. The van der Waals surface area contributed by atoms with Crippen molar-refractivity contribution in [2.45, 2.75) is 24.9 Å². The topological polar surface area (TPSA) is 85.9 Å². The molecule has 0 saturated carbocycles. The molecule has 8 nitrogen and oxygen atoms in total. The monoisotopic (exact) mass is 418 g/mol. The number of aromatic nitrogens is 2. The average Bonchev–Trinajstić information content (AvgIpc) is 3.27. The number of guanidine groups is 1. The van der Waals surface area contributed by atoms with Crippen LogP contribution in [0, 0.1) is 0 Å². The summed E-state index contributed by atoms with van der Waals surface area (Å²) in [5.41, 5.74) is 9.95. The maximum Gasteiger partial charge on any atom is 0.202 e. The molecular formula is C23H30N8. The maximum atomic E-state index is 6.93. The van der Waals surface area contributed by atoms with Crippen molar-refractivity contribution >= 4 is 11.8 Å². The van der Waals surface area contributed by atoms with Crippen LogP contribution in [-0.4, -0.2) is 66.0 Å². The molecule has 1 saturated heterocycles. The summed E-state index contributed by atoms with van der Waals surface area (Å²) < 4.78 is 0. The fourth-order valence-corrected chi connectivity index (χ4v) is 4.56. The number of anilines is 1. The molecule has 31 heavy (non-hydrogen) atoms. The van der Waals surface area contributed by atoms with Crippen LogP contribution in [-0.2, 0) is 18.5 Å². The van der Waals surface area contributed by atoms with Gasteiger partial charge in [0.05, 0.1) is 6.20 Å². The van der Waals surface area contributed by atoms with E-state index in [1.807, 2.05) is 26.4 Å². The van der Waals surface area contributed by atoms with E-state index in [4.69, 9.17) is 10.7 Å². The summed E-state index contributed by atoms with van der Waals surface area (Å²) in [5, 5.41) is 3.49. The molecule has 1 unspecified atom stereocenters. The minimum absolute atomic E-state index is 0.827. The Morgan fingerprint density at radius 3 is 2.55 bits per heavy atom. The highest BCUT2D eigenvalue weighted by molar-refractivity contribution is 5.83. The van der Waals surface area contributed by atoms with Crippen molar-refractivity contribution < 1.29 is 0 Å². The first-order valence-electron chi connectivity index (χ1n) is 11.0. The quantitative estimate of drug-likeness (QED) is 0.776. The molecular weight excluding hydrogens is 388 g/mol. The summed E-state index contributed by atoms with van der Waals surface area (Å²) in [6.45, 7) is 3.39. The lowest BCUT2D eigenvalue weighted by Gasteiger charge is -2.40. The number of fused-ring (bicyclic) bond motifs is 1. The Hall–Kier alpha value is -3.13. The van der Waals surface area contributed by atoms with Gasteiger partial charge in [-0.15, -0.1) is 0 Å². The molecule has 1 aromatic carbocycles. The van der Waals surface area contributed by atoms with E-state index in [1.165, 1.54) is 17.5 Å². The number of aliphatic imine (C=N–C) groups is 1. The first-order valence-corrected chi connectivity index (χ1v) is 11.0. The van der Waals surface area contributed by atoms with E-state index < -0.39 is 5.66 Å². The van der Waals surface area contributed by atoms with Crippen LogP contribution < -0.4 is 16.0 Å². The van der Waals surface area contributed by atoms with Gasteiger partial charge < -0.3 is 20.0 Å². The number of rotatable bonds is 3. The van der Waals surface area contributed by atoms with Crippen LogP contribution in [0.2, 0.25) is 0 Å². The minimum Gasteiger partial charge on any atom is -0.364 e. The highest BCUT2D eigenvalue weighted by atomic mass is 15.4. The zero-order chi connectivity index (χ0) is 21.4. The molecule has 0 bridgehead atoms. The minimum atomic E-state index is -0.889. The molecule has 1 aromatic heterocycles. The predicted octanol–water partition coefficient (Wildman–Crippen LogP) is 1.26. The van der Waals surface area contributed by atoms with Gasteiger partial charge >= 0.3 is 0 Å². The zero-order valence-electron chi connectivity index (χ0n) is 18.3. The molecule has 0 radical (unpaired) electrons. The molecule has 5 rings (SSSR count). The molecule has 3 aliphatic rings. The SMILES string of the molecule is CN(C)C1=CC(N)(c2ccc3c(c2)CCC3)N=C(N2CCN(c3cnccn3)CC2)N1. The molecule has 1 fully saturated rings. The van der Waals surface area contributed by atoms with Gasteiger partial charge in [-0.25, -0.2) is 9.98 Å². The van der Waals surface area contributed by atoms with Crippen LogP contribution in [0.1, 0.15) is 23.1 Å². The normalized spacial score (nSPS) is 23.1. The second kappa shape index (κ2) is 7.85. The lowest BCUT2D eigenvalue weighted by molar-refractivity contribution is 0.352.